The Balaban J connectivity index is 0.000000582. The summed E-state index contributed by atoms with van der Waals surface area (Å²) in [6, 6.07) is 0. The topological polar surface area (TPSA) is 110 Å². The van der Waals surface area contributed by atoms with Crippen LogP contribution in [0, 0.1) is 0 Å². The lowest BCUT2D eigenvalue weighted by Crippen LogP contribution is -2.61. The Morgan fingerprint density at radius 2 is 1.19 bits per heavy atom. The van der Waals surface area contributed by atoms with Crippen molar-refractivity contribution in [2.24, 2.45) is 0 Å². The van der Waals surface area contributed by atoms with E-state index < -0.39 is 39.9 Å². The number of quaternary nitrogens is 1. The molecule has 1 aliphatic heterocycles. The fourth-order valence-corrected chi connectivity index (χ4v) is 6.90. The van der Waals surface area contributed by atoms with Crippen molar-refractivity contribution >= 4 is 28.9 Å². The van der Waals surface area contributed by atoms with Crippen LogP contribution in [0.25, 0.3) is 4.13 Å². The van der Waals surface area contributed by atoms with E-state index in [4.69, 9.17) is 13.3 Å². The summed E-state index contributed by atoms with van der Waals surface area (Å²) in [6.07, 6.45) is 4.77. The molecule has 0 bridgehead atoms. The van der Waals surface area contributed by atoms with Crippen molar-refractivity contribution in [3.63, 3.8) is 0 Å². The molecule has 9 nitrogen and oxygen atoms in total. The average molecular weight is 529 g/mol. The zero-order valence-corrected chi connectivity index (χ0v) is 19.9. The van der Waals surface area contributed by atoms with Gasteiger partial charge >= 0.3 is 19.8 Å². The second-order valence-corrected chi connectivity index (χ2v) is 12.9. The highest BCUT2D eigenvalue weighted by Crippen LogP contribution is 2.36. The van der Waals surface area contributed by atoms with Gasteiger partial charge in [0.1, 0.15) is 6.17 Å². The van der Waals surface area contributed by atoms with Crippen LogP contribution in [0.5, 0.6) is 0 Å². The minimum Gasteiger partial charge on any atom is -0.421 e. The van der Waals surface area contributed by atoms with Gasteiger partial charge in [-0.25, -0.2) is 16.8 Å². The average Bonchev–Trinajstić information content (AvgIpc) is 3.06. The first-order valence-electron chi connectivity index (χ1n) is 8.74. The molecule has 1 fully saturated rings. The molecular weight excluding hydrogens is 502 g/mol. The van der Waals surface area contributed by atoms with Gasteiger partial charge in [0.15, 0.2) is 20.0 Å². The highest BCUT2D eigenvalue weighted by Gasteiger charge is 2.49. The molecule has 188 valence electrons. The van der Waals surface area contributed by atoms with Crippen molar-refractivity contribution in [3.05, 3.63) is 4.13 Å². The van der Waals surface area contributed by atoms with Crippen LogP contribution >= 0.6 is 0 Å². The van der Waals surface area contributed by atoms with Gasteiger partial charge in [0, 0.05) is 34.2 Å². The molecule has 18 heteroatoms. The minimum absolute atomic E-state index is 0.778. The summed E-state index contributed by atoms with van der Waals surface area (Å²) in [4.78, 5) is 0. The van der Waals surface area contributed by atoms with E-state index in [1.54, 1.807) is 21.3 Å². The molecule has 0 aromatic rings. The van der Waals surface area contributed by atoms with Gasteiger partial charge in [0.2, 0.25) is 0 Å². The van der Waals surface area contributed by atoms with E-state index in [-0.39, 0.29) is 0 Å². The summed E-state index contributed by atoms with van der Waals surface area (Å²) in [5.41, 5.74) is -12.4. The molecule has 31 heavy (non-hydrogen) atoms. The predicted molar refractivity (Wildman–Crippen MR) is 99.3 cm³/mol. The number of halogens is 6. The van der Waals surface area contributed by atoms with Crippen LogP contribution in [0.1, 0.15) is 26.2 Å². The maximum Gasteiger partial charge on any atom is 0.558 e. The van der Waals surface area contributed by atoms with Crippen molar-refractivity contribution in [2.75, 3.05) is 47.1 Å². The van der Waals surface area contributed by atoms with Crippen LogP contribution in [-0.2, 0) is 33.3 Å². The molecule has 1 aliphatic rings. The van der Waals surface area contributed by atoms with E-state index in [0.29, 0.717) is 0 Å². The summed E-state index contributed by atoms with van der Waals surface area (Å²) in [7, 11) is -10.7. The lowest BCUT2D eigenvalue weighted by Gasteiger charge is -2.38. The lowest BCUT2D eigenvalue weighted by atomic mass is 10.4. The minimum atomic E-state index is -6.72. The smallest absolute Gasteiger partial charge is 0.421 e. The van der Waals surface area contributed by atoms with Crippen LogP contribution in [0.4, 0.5) is 26.3 Å². The van der Waals surface area contributed by atoms with Gasteiger partial charge < -0.3 is 21.9 Å². The largest absolute Gasteiger partial charge is 0.558 e. The number of alkyl halides is 6. The van der Waals surface area contributed by atoms with Crippen molar-refractivity contribution in [3.8, 4) is 0 Å². The maximum atomic E-state index is 11.4. The van der Waals surface area contributed by atoms with Gasteiger partial charge in [0.25, 0.3) is 0 Å². The maximum absolute atomic E-state index is 11.4. The summed E-state index contributed by atoms with van der Waals surface area (Å²) in [5, 5.41) is 0. The summed E-state index contributed by atoms with van der Waals surface area (Å²) in [5.74, 6) is 0. The second kappa shape index (κ2) is 11.1. The first-order valence-corrected chi connectivity index (χ1v) is 13.5. The first-order chi connectivity index (χ1) is 13.9. The van der Waals surface area contributed by atoms with Crippen LogP contribution in [-0.4, -0.2) is 88.3 Å². The highest BCUT2D eigenvalue weighted by molar-refractivity contribution is 8.13. The number of likely N-dealkylation sites (tertiary alicyclic amines) is 1. The molecule has 0 aromatic heterocycles. The number of hydrogen-bond acceptors (Lipinski definition) is 7. The lowest BCUT2D eigenvalue weighted by molar-refractivity contribution is -0.909. The van der Waals surface area contributed by atoms with Crippen molar-refractivity contribution in [1.82, 2.24) is 0 Å². The molecule has 0 saturated carbocycles. The number of rotatable bonds is 9. The number of hydrogen-bond donors (Lipinski definition) is 0. The summed E-state index contributed by atoms with van der Waals surface area (Å²) >= 11 is 0. The third-order valence-electron chi connectivity index (χ3n) is 4.46. The van der Waals surface area contributed by atoms with Crippen molar-refractivity contribution in [1.29, 1.82) is 0 Å². The Morgan fingerprint density at radius 1 is 0.839 bits per heavy atom. The van der Waals surface area contributed by atoms with Gasteiger partial charge in [-0.3, -0.25) is 0 Å². The van der Waals surface area contributed by atoms with E-state index in [1.165, 1.54) is 38.9 Å². The standard InChI is InChI=1S/C11H26NO3Si.C2F6NO4S2/c1-5-8-12(9-6-7-10-12)11-16(13-2,14-3)15-4;3-1(4,5)14(10,11)9-15(12,13)2(6,7)8/h5-11H2,1-4H3;/q+1;-1. The first kappa shape index (κ1) is 30.5. The number of sulfonamides is 2. The molecule has 0 N–H and O–H groups in total. The summed E-state index contributed by atoms with van der Waals surface area (Å²) in [6.45, 7) is 5.95. The van der Waals surface area contributed by atoms with E-state index >= 15 is 0 Å². The molecular formula is C13H26F6N2O7S2Si. The fourth-order valence-electron chi connectivity index (χ4n) is 3.01. The predicted octanol–water partition coefficient (Wildman–Crippen LogP) is 2.48. The van der Waals surface area contributed by atoms with Crippen LogP contribution < -0.4 is 0 Å². The Labute approximate surface area is 178 Å². The molecule has 0 spiro atoms. The highest BCUT2D eigenvalue weighted by atomic mass is 32.3. The van der Waals surface area contributed by atoms with Crippen LogP contribution in [0.15, 0.2) is 0 Å². The molecule has 1 rings (SSSR count). The third kappa shape index (κ3) is 8.41. The molecule has 0 radical (unpaired) electrons. The Hall–Kier alpha value is -0.503. The monoisotopic (exact) mass is 528 g/mol. The molecule has 0 aliphatic carbocycles. The Bertz CT molecular complexity index is 714. The van der Waals surface area contributed by atoms with Gasteiger partial charge in [-0.2, -0.15) is 26.3 Å². The molecule has 0 aromatic carbocycles. The second-order valence-electron chi connectivity index (χ2n) is 6.59. The fraction of sp³-hybridized carbons (Fsp3) is 1.00. The van der Waals surface area contributed by atoms with Crippen LogP contribution in [0.2, 0.25) is 0 Å². The van der Waals surface area contributed by atoms with Gasteiger partial charge in [-0.1, -0.05) is 6.92 Å². The molecule has 1 heterocycles. The van der Waals surface area contributed by atoms with E-state index in [1.807, 2.05) is 0 Å². The van der Waals surface area contributed by atoms with Gasteiger partial charge in [0.05, 0.1) is 19.6 Å². The molecule has 0 atom stereocenters. The van der Waals surface area contributed by atoms with Crippen molar-refractivity contribution in [2.45, 2.75) is 37.2 Å². The Morgan fingerprint density at radius 3 is 1.45 bits per heavy atom. The summed E-state index contributed by atoms with van der Waals surface area (Å²) < 4.78 is 127. The van der Waals surface area contributed by atoms with E-state index in [0.717, 1.165) is 14.8 Å². The zero-order valence-electron chi connectivity index (χ0n) is 17.3. The Kier molecular flexibility index (Phi) is 10.9. The van der Waals surface area contributed by atoms with Crippen LogP contribution in [0.3, 0.4) is 0 Å². The SMILES string of the molecule is CCC[N+]1(C[Si](OC)(OC)OC)CCCC1.O=S(=O)([N-]S(=O)(=O)C(F)(F)F)C(F)(F)F. The van der Waals surface area contributed by atoms with Gasteiger partial charge in [-0.15, -0.1) is 0 Å². The molecule has 1 saturated heterocycles. The normalized spacial score (nSPS) is 17.9. The third-order valence-corrected chi connectivity index (χ3v) is 10.1. The van der Waals surface area contributed by atoms with E-state index in [2.05, 4.69) is 6.92 Å². The van der Waals surface area contributed by atoms with Crippen molar-refractivity contribution < 1.29 is 60.9 Å². The quantitative estimate of drug-likeness (QED) is 0.257. The van der Waals surface area contributed by atoms with Gasteiger partial charge in [-0.05, 0) is 6.42 Å². The number of nitrogens with zero attached hydrogens (tertiary/aromatic N) is 2. The molecule has 0 amide bonds. The zero-order chi connectivity index (χ0) is 24.8. The van der Waals surface area contributed by atoms with E-state index in [9.17, 15) is 43.2 Å². The molecule has 0 unspecified atom stereocenters.